The third kappa shape index (κ3) is 2.06. The maximum atomic E-state index is 6.22. The first-order chi connectivity index (χ1) is 8.15. The molecule has 0 fully saturated rings. The summed E-state index contributed by atoms with van der Waals surface area (Å²) in [6.07, 6.45) is 3.29. The van der Waals surface area contributed by atoms with Crippen molar-refractivity contribution >= 4 is 0 Å². The Morgan fingerprint density at radius 3 is 2.59 bits per heavy atom. The van der Waals surface area contributed by atoms with Crippen LogP contribution in [0.5, 0.6) is 5.75 Å². The summed E-state index contributed by atoms with van der Waals surface area (Å²) in [4.78, 5) is 0. The van der Waals surface area contributed by atoms with Crippen LogP contribution in [0.1, 0.15) is 28.3 Å². The van der Waals surface area contributed by atoms with Gasteiger partial charge < -0.3 is 14.9 Å². The predicted octanol–water partition coefficient (Wildman–Crippen LogP) is 2.95. The Labute approximate surface area is 101 Å². The van der Waals surface area contributed by atoms with Crippen molar-refractivity contribution in [3.63, 3.8) is 0 Å². The van der Waals surface area contributed by atoms with E-state index in [1.807, 2.05) is 19.1 Å². The summed E-state index contributed by atoms with van der Waals surface area (Å²) in [5, 5.41) is 0. The van der Waals surface area contributed by atoms with Gasteiger partial charge in [-0.05, 0) is 31.0 Å². The summed E-state index contributed by atoms with van der Waals surface area (Å²) >= 11 is 0. The van der Waals surface area contributed by atoms with Gasteiger partial charge in [-0.3, -0.25) is 0 Å². The molecule has 1 aromatic heterocycles. The quantitative estimate of drug-likeness (QED) is 0.883. The van der Waals surface area contributed by atoms with Gasteiger partial charge in [0.05, 0.1) is 25.7 Å². The molecule has 2 rings (SSSR count). The van der Waals surface area contributed by atoms with E-state index < -0.39 is 0 Å². The average molecular weight is 231 g/mol. The molecule has 0 aliphatic carbocycles. The Morgan fingerprint density at radius 2 is 2.00 bits per heavy atom. The lowest BCUT2D eigenvalue weighted by Crippen LogP contribution is -2.13. The molecular formula is C14H17NO2. The number of hydrogen-bond acceptors (Lipinski definition) is 3. The zero-order valence-electron chi connectivity index (χ0n) is 10.4. The van der Waals surface area contributed by atoms with Crippen LogP contribution in [-0.2, 0) is 0 Å². The van der Waals surface area contributed by atoms with E-state index in [1.165, 1.54) is 5.56 Å². The van der Waals surface area contributed by atoms with E-state index in [2.05, 4.69) is 13.0 Å². The highest BCUT2D eigenvalue weighted by Gasteiger charge is 2.17. The number of furan rings is 1. The third-order valence-electron chi connectivity index (χ3n) is 3.15. The van der Waals surface area contributed by atoms with Crippen molar-refractivity contribution < 1.29 is 9.15 Å². The largest absolute Gasteiger partial charge is 0.496 e. The van der Waals surface area contributed by atoms with Gasteiger partial charge in [-0.15, -0.1) is 0 Å². The molecule has 3 nitrogen and oxygen atoms in total. The second kappa shape index (κ2) is 4.63. The molecule has 17 heavy (non-hydrogen) atoms. The zero-order chi connectivity index (χ0) is 12.4. The molecule has 0 spiro atoms. The van der Waals surface area contributed by atoms with Crippen molar-refractivity contribution in [1.29, 1.82) is 0 Å². The van der Waals surface area contributed by atoms with Crippen molar-refractivity contribution in [1.82, 2.24) is 0 Å². The second-order valence-electron chi connectivity index (χ2n) is 4.16. The normalized spacial score (nSPS) is 12.5. The maximum absolute atomic E-state index is 6.22. The van der Waals surface area contributed by atoms with E-state index in [1.54, 1.807) is 19.6 Å². The Balaban J connectivity index is 2.49. The van der Waals surface area contributed by atoms with Gasteiger partial charge in [0.1, 0.15) is 5.75 Å². The Hall–Kier alpha value is -1.74. The number of methoxy groups -OCH3 is 1. The lowest BCUT2D eigenvalue weighted by molar-refractivity contribution is 0.404. The second-order valence-corrected chi connectivity index (χ2v) is 4.16. The van der Waals surface area contributed by atoms with Gasteiger partial charge in [-0.25, -0.2) is 0 Å². The first kappa shape index (κ1) is 11.7. The molecule has 0 saturated heterocycles. The van der Waals surface area contributed by atoms with Gasteiger partial charge in [-0.1, -0.05) is 12.1 Å². The van der Waals surface area contributed by atoms with Crippen LogP contribution in [0.25, 0.3) is 0 Å². The SMILES string of the molecule is COc1c(C(N)c2ccoc2)ccc(C)c1C. The minimum atomic E-state index is -0.219. The molecule has 0 aliphatic rings. The van der Waals surface area contributed by atoms with E-state index in [9.17, 15) is 0 Å². The molecular weight excluding hydrogens is 214 g/mol. The molecule has 1 heterocycles. The molecule has 3 heteroatoms. The maximum Gasteiger partial charge on any atom is 0.127 e. The number of rotatable bonds is 3. The first-order valence-electron chi connectivity index (χ1n) is 5.57. The Bertz CT molecular complexity index is 503. The minimum Gasteiger partial charge on any atom is -0.496 e. The smallest absolute Gasteiger partial charge is 0.127 e. The lowest BCUT2D eigenvalue weighted by atomic mass is 9.96. The summed E-state index contributed by atoms with van der Waals surface area (Å²) in [6, 6.07) is 5.73. The van der Waals surface area contributed by atoms with Crippen LogP contribution in [0.4, 0.5) is 0 Å². The van der Waals surface area contributed by atoms with E-state index in [0.29, 0.717) is 0 Å². The summed E-state index contributed by atoms with van der Waals surface area (Å²) < 4.78 is 10.5. The molecule has 90 valence electrons. The van der Waals surface area contributed by atoms with Gasteiger partial charge in [-0.2, -0.15) is 0 Å². The number of nitrogens with two attached hydrogens (primary N) is 1. The molecule has 0 saturated carbocycles. The van der Waals surface area contributed by atoms with Crippen molar-refractivity contribution in [3.8, 4) is 5.75 Å². The number of aryl methyl sites for hydroxylation is 1. The first-order valence-corrected chi connectivity index (χ1v) is 5.57. The number of ether oxygens (including phenoxy) is 1. The van der Waals surface area contributed by atoms with Crippen molar-refractivity contribution in [2.24, 2.45) is 5.73 Å². The summed E-state index contributed by atoms with van der Waals surface area (Å²) in [5.41, 5.74) is 10.5. The highest BCUT2D eigenvalue weighted by atomic mass is 16.5. The Morgan fingerprint density at radius 1 is 1.24 bits per heavy atom. The molecule has 1 aromatic carbocycles. The van der Waals surface area contributed by atoms with E-state index in [4.69, 9.17) is 14.9 Å². The van der Waals surface area contributed by atoms with E-state index in [0.717, 1.165) is 22.4 Å². The standard InChI is InChI=1S/C14H17NO2/c1-9-4-5-12(14(16-3)10(9)2)13(15)11-6-7-17-8-11/h4-8,13H,15H2,1-3H3. The van der Waals surface area contributed by atoms with Gasteiger partial charge in [0.15, 0.2) is 0 Å². The fourth-order valence-corrected chi connectivity index (χ4v) is 1.96. The molecule has 2 aromatic rings. The summed E-state index contributed by atoms with van der Waals surface area (Å²) in [6.45, 7) is 4.10. The highest BCUT2D eigenvalue weighted by molar-refractivity contribution is 5.49. The van der Waals surface area contributed by atoms with Gasteiger partial charge >= 0.3 is 0 Å². The zero-order valence-corrected chi connectivity index (χ0v) is 10.4. The lowest BCUT2D eigenvalue weighted by Gasteiger charge is -2.17. The fraction of sp³-hybridized carbons (Fsp3) is 0.286. The van der Waals surface area contributed by atoms with Crippen LogP contribution < -0.4 is 10.5 Å². The van der Waals surface area contributed by atoms with Crippen LogP contribution in [0.15, 0.2) is 35.1 Å². The van der Waals surface area contributed by atoms with Gasteiger partial charge in [0.25, 0.3) is 0 Å². The van der Waals surface area contributed by atoms with Gasteiger partial charge in [0.2, 0.25) is 0 Å². The molecule has 2 N–H and O–H groups in total. The van der Waals surface area contributed by atoms with Crippen molar-refractivity contribution in [2.45, 2.75) is 19.9 Å². The molecule has 1 atom stereocenters. The molecule has 0 bridgehead atoms. The van der Waals surface area contributed by atoms with Crippen molar-refractivity contribution in [3.05, 3.63) is 53.0 Å². The van der Waals surface area contributed by atoms with Gasteiger partial charge in [0, 0.05) is 11.1 Å². The van der Waals surface area contributed by atoms with Crippen LogP contribution in [-0.4, -0.2) is 7.11 Å². The summed E-state index contributed by atoms with van der Waals surface area (Å²) in [7, 11) is 1.67. The number of hydrogen-bond donors (Lipinski definition) is 1. The number of benzene rings is 1. The van der Waals surface area contributed by atoms with Crippen molar-refractivity contribution in [2.75, 3.05) is 7.11 Å². The topological polar surface area (TPSA) is 48.4 Å². The predicted molar refractivity (Wildman–Crippen MR) is 67.2 cm³/mol. The molecule has 0 aliphatic heterocycles. The van der Waals surface area contributed by atoms with E-state index in [-0.39, 0.29) is 6.04 Å². The molecule has 1 unspecified atom stereocenters. The fourth-order valence-electron chi connectivity index (χ4n) is 1.96. The third-order valence-corrected chi connectivity index (χ3v) is 3.15. The highest BCUT2D eigenvalue weighted by Crippen LogP contribution is 2.32. The monoisotopic (exact) mass is 231 g/mol. The summed E-state index contributed by atoms with van der Waals surface area (Å²) in [5.74, 6) is 0.860. The minimum absolute atomic E-state index is 0.219. The van der Waals surface area contributed by atoms with Crippen LogP contribution in [0.3, 0.4) is 0 Å². The average Bonchev–Trinajstić information content (AvgIpc) is 2.85. The molecule has 0 amide bonds. The van der Waals surface area contributed by atoms with Crippen LogP contribution in [0.2, 0.25) is 0 Å². The Kier molecular flexibility index (Phi) is 3.20. The van der Waals surface area contributed by atoms with E-state index >= 15 is 0 Å². The molecule has 0 radical (unpaired) electrons. The van der Waals surface area contributed by atoms with Crippen LogP contribution in [0, 0.1) is 13.8 Å². The van der Waals surface area contributed by atoms with Crippen LogP contribution >= 0.6 is 0 Å².